The fourth-order valence-electron chi connectivity index (χ4n) is 5.00. The second-order valence-corrected chi connectivity index (χ2v) is 9.70. The average Bonchev–Trinajstić information content (AvgIpc) is 2.89. The fourth-order valence-corrected chi connectivity index (χ4v) is 5.00. The number of β-amino-alcohol motifs (C(OH)–C–C–N with tert-alkyl or cyclic N) is 1. The third-order valence-corrected chi connectivity index (χ3v) is 6.89. The highest BCUT2D eigenvalue weighted by molar-refractivity contribution is 5.94. The first-order valence-electron chi connectivity index (χ1n) is 12.6. The Hall–Kier alpha value is -2.91. The third kappa shape index (κ3) is 6.82. The number of piperidine rings is 2. The first-order chi connectivity index (χ1) is 17.0. The zero-order valence-electron chi connectivity index (χ0n) is 20.9. The number of hydrogen-bond donors (Lipinski definition) is 2. The molecule has 0 bridgehead atoms. The van der Waals surface area contributed by atoms with E-state index in [1.165, 1.54) is 25.6 Å². The summed E-state index contributed by atoms with van der Waals surface area (Å²) in [5.41, 5.74) is -0.424. The van der Waals surface area contributed by atoms with Gasteiger partial charge in [0.15, 0.2) is 0 Å². The van der Waals surface area contributed by atoms with Crippen molar-refractivity contribution in [3.8, 4) is 5.75 Å². The number of amides is 1. The monoisotopic (exact) mass is 482 g/mol. The van der Waals surface area contributed by atoms with E-state index in [0.717, 1.165) is 50.0 Å². The van der Waals surface area contributed by atoms with Crippen molar-refractivity contribution in [1.29, 1.82) is 0 Å². The second-order valence-electron chi connectivity index (χ2n) is 9.70. The number of hydrogen-bond acceptors (Lipinski definition) is 8. The van der Waals surface area contributed by atoms with Crippen LogP contribution in [0.3, 0.4) is 0 Å². The van der Waals surface area contributed by atoms with Gasteiger partial charge in [-0.05, 0) is 63.0 Å². The van der Waals surface area contributed by atoms with E-state index in [1.54, 1.807) is 24.1 Å². The molecule has 0 unspecified atom stereocenters. The van der Waals surface area contributed by atoms with Crippen molar-refractivity contribution < 1.29 is 14.6 Å². The minimum Gasteiger partial charge on any atom is -0.492 e. The summed E-state index contributed by atoms with van der Waals surface area (Å²) in [6, 6.07) is 9.17. The van der Waals surface area contributed by atoms with Crippen molar-refractivity contribution >= 4 is 17.5 Å². The Kier molecular flexibility index (Phi) is 8.41. The Bertz CT molecular complexity index is 966. The molecule has 2 saturated heterocycles. The number of nitrogens with one attached hydrogen (secondary N) is 1. The molecule has 2 fully saturated rings. The van der Waals surface area contributed by atoms with E-state index >= 15 is 0 Å². The topological polar surface area (TPSA) is 94.1 Å². The van der Waals surface area contributed by atoms with E-state index in [-0.39, 0.29) is 12.5 Å². The van der Waals surface area contributed by atoms with Crippen molar-refractivity contribution in [3.05, 3.63) is 42.2 Å². The molecule has 1 aromatic heterocycles. The summed E-state index contributed by atoms with van der Waals surface area (Å²) in [5, 5.41) is 14.3. The molecular formula is C26H38N6O3. The number of benzene rings is 1. The van der Waals surface area contributed by atoms with Crippen LogP contribution in [0.4, 0.5) is 11.6 Å². The molecule has 0 saturated carbocycles. The summed E-state index contributed by atoms with van der Waals surface area (Å²) in [5.74, 6) is 2.16. The molecule has 1 amide bonds. The average molecular weight is 483 g/mol. The summed E-state index contributed by atoms with van der Waals surface area (Å²) in [4.78, 5) is 27.7. The van der Waals surface area contributed by atoms with Crippen LogP contribution in [-0.2, 0) is 0 Å². The molecule has 0 spiro atoms. The van der Waals surface area contributed by atoms with Gasteiger partial charge in [-0.15, -0.1) is 0 Å². The first kappa shape index (κ1) is 25.2. The van der Waals surface area contributed by atoms with E-state index in [2.05, 4.69) is 25.1 Å². The van der Waals surface area contributed by atoms with Crippen LogP contribution in [0.5, 0.6) is 5.75 Å². The Morgan fingerprint density at radius 2 is 1.91 bits per heavy atom. The lowest BCUT2D eigenvalue weighted by Gasteiger charge is -2.41. The number of ether oxygens (including phenoxy) is 1. The van der Waals surface area contributed by atoms with Crippen molar-refractivity contribution in [2.24, 2.45) is 0 Å². The van der Waals surface area contributed by atoms with Crippen LogP contribution in [-0.4, -0.2) is 96.4 Å². The summed E-state index contributed by atoms with van der Waals surface area (Å²) in [6.45, 7) is 5.37. The zero-order chi connectivity index (χ0) is 24.7. The lowest BCUT2D eigenvalue weighted by Crippen LogP contribution is -2.54. The summed E-state index contributed by atoms with van der Waals surface area (Å²) >= 11 is 0. The van der Waals surface area contributed by atoms with Gasteiger partial charge < -0.3 is 25.0 Å². The highest BCUT2D eigenvalue weighted by Gasteiger charge is 2.36. The SMILES string of the molecule is CNc1cc(N2CCC[C@](O)(CN(C)C(=O)c3ccc(OCCN4CCCCC4)cc3)C2)ncn1. The van der Waals surface area contributed by atoms with Crippen LogP contribution in [0.2, 0.25) is 0 Å². The number of likely N-dealkylation sites (tertiary alicyclic amines) is 1. The smallest absolute Gasteiger partial charge is 0.253 e. The Morgan fingerprint density at radius 3 is 2.66 bits per heavy atom. The number of carbonyl (C=O) groups excluding carboxylic acids is 1. The van der Waals surface area contributed by atoms with Crippen molar-refractivity contribution in [2.75, 3.05) is 70.2 Å². The molecule has 9 heteroatoms. The predicted molar refractivity (Wildman–Crippen MR) is 137 cm³/mol. The molecule has 0 radical (unpaired) electrons. The maximum atomic E-state index is 13.1. The predicted octanol–water partition coefficient (Wildman–Crippen LogP) is 2.49. The van der Waals surface area contributed by atoms with Crippen LogP contribution in [0.1, 0.15) is 42.5 Å². The maximum Gasteiger partial charge on any atom is 0.253 e. The van der Waals surface area contributed by atoms with Gasteiger partial charge in [0, 0.05) is 45.4 Å². The van der Waals surface area contributed by atoms with Crippen molar-refractivity contribution in [1.82, 2.24) is 19.8 Å². The van der Waals surface area contributed by atoms with Crippen LogP contribution in [0, 0.1) is 0 Å². The molecule has 1 aromatic carbocycles. The van der Waals surface area contributed by atoms with Gasteiger partial charge in [-0.25, -0.2) is 9.97 Å². The number of aliphatic hydroxyl groups is 1. The second kappa shape index (κ2) is 11.7. The Labute approximate surface area is 208 Å². The molecule has 1 atom stereocenters. The number of carbonyl (C=O) groups is 1. The minimum atomic E-state index is -1.01. The van der Waals surface area contributed by atoms with Gasteiger partial charge in [0.1, 0.15) is 30.3 Å². The van der Waals surface area contributed by atoms with Gasteiger partial charge in [-0.2, -0.15) is 0 Å². The number of aromatic nitrogens is 2. The molecule has 0 aliphatic carbocycles. The minimum absolute atomic E-state index is 0.116. The summed E-state index contributed by atoms with van der Waals surface area (Å²) < 4.78 is 5.88. The van der Waals surface area contributed by atoms with Gasteiger partial charge in [-0.1, -0.05) is 6.42 Å². The Balaban J connectivity index is 1.29. The van der Waals surface area contributed by atoms with Gasteiger partial charge in [-0.3, -0.25) is 9.69 Å². The lowest BCUT2D eigenvalue weighted by molar-refractivity contribution is -0.000137. The van der Waals surface area contributed by atoms with Crippen molar-refractivity contribution in [2.45, 2.75) is 37.7 Å². The zero-order valence-corrected chi connectivity index (χ0v) is 20.9. The van der Waals surface area contributed by atoms with Crippen molar-refractivity contribution in [3.63, 3.8) is 0 Å². The molecule has 9 nitrogen and oxygen atoms in total. The quantitative estimate of drug-likeness (QED) is 0.563. The van der Waals surface area contributed by atoms with Gasteiger partial charge in [0.05, 0.1) is 12.1 Å². The van der Waals surface area contributed by atoms with E-state index in [0.29, 0.717) is 25.1 Å². The fraction of sp³-hybridized carbons (Fsp3) is 0.577. The molecule has 2 aliphatic rings. The molecule has 2 N–H and O–H groups in total. The molecule has 35 heavy (non-hydrogen) atoms. The molecule has 3 heterocycles. The third-order valence-electron chi connectivity index (χ3n) is 6.89. The van der Waals surface area contributed by atoms with Gasteiger partial charge in [0.25, 0.3) is 5.91 Å². The highest BCUT2D eigenvalue weighted by Crippen LogP contribution is 2.27. The molecule has 2 aromatic rings. The lowest BCUT2D eigenvalue weighted by atomic mass is 9.92. The van der Waals surface area contributed by atoms with Crippen LogP contribution in [0.25, 0.3) is 0 Å². The van der Waals surface area contributed by atoms with E-state index in [1.807, 2.05) is 25.2 Å². The standard InChI is InChI=1S/C26H38N6O3/c1-27-23-17-24(29-20-28-23)32-14-6-11-26(34,19-32)18-30(2)25(33)21-7-9-22(10-8-21)35-16-15-31-12-4-3-5-13-31/h7-10,17,20,34H,3-6,11-16,18-19H2,1-2H3,(H,27,28,29)/t26-/m0/s1. The number of likely N-dealkylation sites (N-methyl/N-ethyl adjacent to an activating group) is 1. The highest BCUT2D eigenvalue weighted by atomic mass is 16.5. The molecular weight excluding hydrogens is 444 g/mol. The first-order valence-corrected chi connectivity index (χ1v) is 12.6. The maximum absolute atomic E-state index is 13.1. The molecule has 190 valence electrons. The largest absolute Gasteiger partial charge is 0.492 e. The van der Waals surface area contributed by atoms with Gasteiger partial charge >= 0.3 is 0 Å². The van der Waals surface area contributed by atoms with Gasteiger partial charge in [0.2, 0.25) is 0 Å². The number of rotatable bonds is 9. The molecule has 4 rings (SSSR count). The van der Waals surface area contributed by atoms with Crippen LogP contribution in [0.15, 0.2) is 36.7 Å². The number of nitrogens with zero attached hydrogens (tertiary/aromatic N) is 5. The van der Waals surface area contributed by atoms with E-state index in [4.69, 9.17) is 4.74 Å². The van der Waals surface area contributed by atoms with E-state index < -0.39 is 5.60 Å². The van der Waals surface area contributed by atoms with E-state index in [9.17, 15) is 9.90 Å². The number of anilines is 2. The molecule has 2 aliphatic heterocycles. The Morgan fingerprint density at radius 1 is 1.14 bits per heavy atom. The van der Waals surface area contributed by atoms with Crippen LogP contribution >= 0.6 is 0 Å². The summed E-state index contributed by atoms with van der Waals surface area (Å²) in [6.07, 6.45) is 6.85. The normalized spacial score (nSPS) is 20.9. The van der Waals surface area contributed by atoms with Crippen LogP contribution < -0.4 is 15.0 Å². The summed E-state index contributed by atoms with van der Waals surface area (Å²) in [7, 11) is 3.56.